The Labute approximate surface area is 114 Å². The molecule has 12 heavy (non-hydrogen) atoms. The molecule has 0 atom stereocenters. The maximum absolute atomic E-state index is 10.2. The van der Waals surface area contributed by atoms with Crippen LogP contribution in [0.5, 0.6) is 0 Å². The van der Waals surface area contributed by atoms with Crippen molar-refractivity contribution in [1.29, 1.82) is 0 Å². The number of aliphatic carboxylic acids is 1. The van der Waals surface area contributed by atoms with Gasteiger partial charge in [-0.1, -0.05) is 30.3 Å². The Hall–Kier alpha value is 0.326. The summed E-state index contributed by atoms with van der Waals surface area (Å²) in [5.74, 6) is -0.742. The van der Waals surface area contributed by atoms with Crippen molar-refractivity contribution in [3.63, 3.8) is 0 Å². The van der Waals surface area contributed by atoms with Crippen LogP contribution < -0.4 is 0 Å². The SMILES string of the molecule is O=C(O)CCc1ccccc1.[KH]. The van der Waals surface area contributed by atoms with Crippen LogP contribution in [-0.4, -0.2) is 62.5 Å². The number of rotatable bonds is 3. The minimum absolute atomic E-state index is 0. The third kappa shape index (κ3) is 5.06. The third-order valence-corrected chi connectivity index (χ3v) is 1.47. The van der Waals surface area contributed by atoms with Gasteiger partial charge < -0.3 is 5.11 Å². The van der Waals surface area contributed by atoms with Gasteiger partial charge in [0.05, 0.1) is 0 Å². The standard InChI is InChI=1S/C9H10O2.K.H/c10-9(11)7-6-8-4-2-1-3-5-8;;/h1-5H,6-7H2,(H,10,11);;. The molecule has 0 heterocycles. The van der Waals surface area contributed by atoms with Crippen LogP contribution in [0.25, 0.3) is 0 Å². The van der Waals surface area contributed by atoms with Gasteiger partial charge in [0.1, 0.15) is 0 Å². The first-order valence-corrected chi connectivity index (χ1v) is 3.55. The van der Waals surface area contributed by atoms with E-state index in [9.17, 15) is 4.79 Å². The molecule has 1 rings (SSSR count). The molecule has 60 valence electrons. The van der Waals surface area contributed by atoms with Crippen molar-refractivity contribution in [3.05, 3.63) is 35.9 Å². The first-order chi connectivity index (χ1) is 5.29. The molecule has 0 unspecified atom stereocenters. The van der Waals surface area contributed by atoms with E-state index < -0.39 is 5.97 Å². The Bertz CT molecular complexity index is 234. The van der Waals surface area contributed by atoms with Gasteiger partial charge in [-0.3, -0.25) is 4.79 Å². The Morgan fingerprint density at radius 2 is 1.83 bits per heavy atom. The second-order valence-corrected chi connectivity index (χ2v) is 2.38. The van der Waals surface area contributed by atoms with Crippen LogP contribution in [0.3, 0.4) is 0 Å². The van der Waals surface area contributed by atoms with Crippen LogP contribution in [0.2, 0.25) is 0 Å². The Morgan fingerprint density at radius 1 is 1.25 bits per heavy atom. The van der Waals surface area contributed by atoms with Gasteiger partial charge >= 0.3 is 57.4 Å². The van der Waals surface area contributed by atoms with E-state index in [4.69, 9.17) is 5.11 Å². The fourth-order valence-corrected chi connectivity index (χ4v) is 0.896. The van der Waals surface area contributed by atoms with Crippen molar-refractivity contribution in [2.45, 2.75) is 12.8 Å². The molecule has 0 saturated heterocycles. The summed E-state index contributed by atoms with van der Waals surface area (Å²) in [6.07, 6.45) is 0.834. The second-order valence-electron chi connectivity index (χ2n) is 2.38. The molecular formula is C9H11KO2. The monoisotopic (exact) mass is 190 g/mol. The van der Waals surface area contributed by atoms with Crippen LogP contribution in [-0.2, 0) is 11.2 Å². The fraction of sp³-hybridized carbons (Fsp3) is 0.222. The number of carboxylic acid groups (broad SMARTS) is 1. The molecule has 1 aromatic carbocycles. The van der Waals surface area contributed by atoms with Crippen LogP contribution in [0.1, 0.15) is 12.0 Å². The predicted octanol–water partition coefficient (Wildman–Crippen LogP) is 1.06. The summed E-state index contributed by atoms with van der Waals surface area (Å²) in [5, 5.41) is 8.37. The number of hydrogen-bond donors (Lipinski definition) is 1. The summed E-state index contributed by atoms with van der Waals surface area (Å²) in [7, 11) is 0. The molecule has 0 spiro atoms. The summed E-state index contributed by atoms with van der Waals surface area (Å²) in [5.41, 5.74) is 1.08. The van der Waals surface area contributed by atoms with Crippen LogP contribution in [0.15, 0.2) is 30.3 Å². The van der Waals surface area contributed by atoms with E-state index in [0.29, 0.717) is 6.42 Å². The molecule has 0 aliphatic heterocycles. The summed E-state index contributed by atoms with van der Waals surface area (Å²) in [4.78, 5) is 10.2. The average Bonchev–Trinajstić information content (AvgIpc) is 2.03. The van der Waals surface area contributed by atoms with E-state index in [1.165, 1.54) is 0 Å². The number of aryl methyl sites for hydroxylation is 1. The maximum atomic E-state index is 10.2. The minimum atomic E-state index is -0.742. The fourth-order valence-electron chi connectivity index (χ4n) is 0.896. The first kappa shape index (κ1) is 12.3. The molecule has 0 aliphatic carbocycles. The van der Waals surface area contributed by atoms with E-state index in [-0.39, 0.29) is 57.8 Å². The molecule has 0 saturated carbocycles. The van der Waals surface area contributed by atoms with Crippen molar-refractivity contribution in [1.82, 2.24) is 0 Å². The van der Waals surface area contributed by atoms with E-state index in [1.54, 1.807) is 0 Å². The zero-order valence-corrected chi connectivity index (χ0v) is 6.16. The van der Waals surface area contributed by atoms with Crippen molar-refractivity contribution >= 4 is 57.4 Å². The van der Waals surface area contributed by atoms with E-state index in [1.807, 2.05) is 30.3 Å². The molecule has 1 N–H and O–H groups in total. The van der Waals surface area contributed by atoms with Gasteiger partial charge in [0.25, 0.3) is 0 Å². The first-order valence-electron chi connectivity index (χ1n) is 3.55. The summed E-state index contributed by atoms with van der Waals surface area (Å²) >= 11 is 0. The third-order valence-electron chi connectivity index (χ3n) is 1.47. The topological polar surface area (TPSA) is 37.3 Å². The molecule has 0 fully saturated rings. The normalized spacial score (nSPS) is 8.67. The molecular weight excluding hydrogens is 179 g/mol. The van der Waals surface area contributed by atoms with Gasteiger partial charge in [-0.15, -0.1) is 0 Å². The van der Waals surface area contributed by atoms with Gasteiger partial charge in [0.15, 0.2) is 0 Å². The Balaban J connectivity index is 0.00000121. The Kier molecular flexibility index (Phi) is 6.99. The second kappa shape index (κ2) is 6.80. The molecule has 3 heteroatoms. The number of carbonyl (C=O) groups is 1. The van der Waals surface area contributed by atoms with Crippen molar-refractivity contribution in [3.8, 4) is 0 Å². The summed E-state index contributed by atoms with van der Waals surface area (Å²) < 4.78 is 0. The van der Waals surface area contributed by atoms with Crippen LogP contribution >= 0.6 is 0 Å². The van der Waals surface area contributed by atoms with E-state index in [0.717, 1.165) is 5.56 Å². The van der Waals surface area contributed by atoms with Gasteiger partial charge in [-0.2, -0.15) is 0 Å². The molecule has 0 bridgehead atoms. The van der Waals surface area contributed by atoms with Gasteiger partial charge in [0, 0.05) is 6.42 Å². The van der Waals surface area contributed by atoms with Crippen molar-refractivity contribution in [2.24, 2.45) is 0 Å². The zero-order valence-electron chi connectivity index (χ0n) is 6.16. The average molecular weight is 190 g/mol. The molecule has 0 aromatic heterocycles. The van der Waals surface area contributed by atoms with Crippen LogP contribution in [0, 0.1) is 0 Å². The molecule has 0 aliphatic rings. The quantitative estimate of drug-likeness (QED) is 0.723. The van der Waals surface area contributed by atoms with Gasteiger partial charge in [-0.05, 0) is 12.0 Å². The molecule has 2 nitrogen and oxygen atoms in total. The summed E-state index contributed by atoms with van der Waals surface area (Å²) in [6, 6.07) is 9.62. The number of hydrogen-bond acceptors (Lipinski definition) is 1. The molecule has 0 amide bonds. The van der Waals surface area contributed by atoms with Crippen molar-refractivity contribution in [2.75, 3.05) is 0 Å². The number of benzene rings is 1. The zero-order chi connectivity index (χ0) is 8.10. The molecule has 0 radical (unpaired) electrons. The summed E-state index contributed by atoms with van der Waals surface area (Å²) in [6.45, 7) is 0. The molecule has 1 aromatic rings. The van der Waals surface area contributed by atoms with Crippen LogP contribution in [0.4, 0.5) is 0 Å². The van der Waals surface area contributed by atoms with E-state index >= 15 is 0 Å². The number of carboxylic acids is 1. The van der Waals surface area contributed by atoms with Gasteiger partial charge in [-0.25, -0.2) is 0 Å². The Morgan fingerprint density at radius 3 is 2.33 bits per heavy atom. The van der Waals surface area contributed by atoms with Crippen molar-refractivity contribution < 1.29 is 9.90 Å². The van der Waals surface area contributed by atoms with Gasteiger partial charge in [0.2, 0.25) is 0 Å². The van der Waals surface area contributed by atoms with E-state index in [2.05, 4.69) is 0 Å². The predicted molar refractivity (Wildman–Crippen MR) is 49.5 cm³/mol.